The molecule has 1 heterocycles. The number of carbonyl (C=O) groups excluding carboxylic acids is 1. The molecule has 0 bridgehead atoms. The molecule has 1 amide bonds. The number of hydrogen-bond donors (Lipinski definition) is 0. The highest BCUT2D eigenvalue weighted by atomic mass is 16.2. The molecule has 1 aliphatic carbocycles. The first kappa shape index (κ1) is 10.7. The third-order valence-electron chi connectivity index (χ3n) is 3.41. The molecule has 0 radical (unpaired) electrons. The van der Waals surface area contributed by atoms with Crippen molar-refractivity contribution in [3.8, 4) is 0 Å². The van der Waals surface area contributed by atoms with Crippen molar-refractivity contribution in [2.45, 2.75) is 19.3 Å². The summed E-state index contributed by atoms with van der Waals surface area (Å²) in [5.74, 6) is 0.858. The molecule has 3 nitrogen and oxygen atoms in total. The Labute approximate surface area is 91.7 Å². The highest BCUT2D eigenvalue weighted by molar-refractivity contribution is 5.76. The van der Waals surface area contributed by atoms with Gasteiger partial charge in [0.1, 0.15) is 0 Å². The van der Waals surface area contributed by atoms with Crippen LogP contribution in [0.4, 0.5) is 0 Å². The van der Waals surface area contributed by atoms with Gasteiger partial charge in [-0.15, -0.1) is 0 Å². The van der Waals surface area contributed by atoms with E-state index in [1.54, 1.807) is 0 Å². The molecule has 2 aliphatic rings. The summed E-state index contributed by atoms with van der Waals surface area (Å²) >= 11 is 0. The average Bonchev–Trinajstić information content (AvgIpc) is 2.71. The van der Waals surface area contributed by atoms with Crippen molar-refractivity contribution < 1.29 is 4.79 Å². The summed E-state index contributed by atoms with van der Waals surface area (Å²) in [6.07, 6.45) is 7.44. The Morgan fingerprint density at radius 1 is 1.33 bits per heavy atom. The molecule has 1 aliphatic heterocycles. The lowest BCUT2D eigenvalue weighted by molar-refractivity contribution is -0.133. The number of rotatable bonds is 2. The molecule has 0 spiro atoms. The first-order chi connectivity index (χ1) is 7.25. The predicted molar refractivity (Wildman–Crippen MR) is 60.6 cm³/mol. The Morgan fingerprint density at radius 2 is 2.07 bits per heavy atom. The van der Waals surface area contributed by atoms with E-state index in [-0.39, 0.29) is 0 Å². The molecule has 1 fully saturated rings. The number of piperazine rings is 1. The Morgan fingerprint density at radius 3 is 2.67 bits per heavy atom. The van der Waals surface area contributed by atoms with Crippen LogP contribution in [0.1, 0.15) is 19.3 Å². The Balaban J connectivity index is 1.78. The normalized spacial score (nSPS) is 27.3. The van der Waals surface area contributed by atoms with Crippen LogP contribution in [0, 0.1) is 5.92 Å². The van der Waals surface area contributed by atoms with Crippen LogP contribution in [0.25, 0.3) is 0 Å². The minimum atomic E-state index is 0.347. The van der Waals surface area contributed by atoms with Crippen LogP contribution < -0.4 is 0 Å². The lowest BCUT2D eigenvalue weighted by Crippen LogP contribution is -2.47. The molecule has 3 heteroatoms. The average molecular weight is 208 g/mol. The van der Waals surface area contributed by atoms with Crippen molar-refractivity contribution in [2.24, 2.45) is 5.92 Å². The van der Waals surface area contributed by atoms with E-state index < -0.39 is 0 Å². The molecule has 0 aromatic heterocycles. The molecule has 84 valence electrons. The fourth-order valence-electron chi connectivity index (χ4n) is 2.27. The van der Waals surface area contributed by atoms with E-state index in [1.807, 2.05) is 4.90 Å². The van der Waals surface area contributed by atoms with Crippen molar-refractivity contribution in [1.29, 1.82) is 0 Å². The monoisotopic (exact) mass is 208 g/mol. The van der Waals surface area contributed by atoms with Crippen LogP contribution in [0.2, 0.25) is 0 Å². The van der Waals surface area contributed by atoms with Gasteiger partial charge in [0.2, 0.25) is 5.91 Å². The Bertz CT molecular complexity index is 254. The van der Waals surface area contributed by atoms with Gasteiger partial charge in [0.05, 0.1) is 0 Å². The minimum Gasteiger partial charge on any atom is -0.340 e. The third-order valence-corrected chi connectivity index (χ3v) is 3.41. The standard InChI is InChI=1S/C12H20N2O/c1-13-6-8-14(9-7-13)12(15)10-11-4-2-3-5-11/h2,4,11H,3,5-10H2,1H3. The van der Waals surface area contributed by atoms with Crippen LogP contribution in [0.3, 0.4) is 0 Å². The fourth-order valence-corrected chi connectivity index (χ4v) is 2.27. The molecular formula is C12H20N2O. The van der Waals surface area contributed by atoms with Crippen LogP contribution in [-0.2, 0) is 4.79 Å². The maximum absolute atomic E-state index is 11.9. The second-order valence-electron chi connectivity index (χ2n) is 4.65. The van der Waals surface area contributed by atoms with Gasteiger partial charge in [-0.05, 0) is 25.8 Å². The van der Waals surface area contributed by atoms with Gasteiger partial charge in [0.25, 0.3) is 0 Å². The quantitative estimate of drug-likeness (QED) is 0.635. The van der Waals surface area contributed by atoms with Crippen molar-refractivity contribution >= 4 is 5.91 Å². The lowest BCUT2D eigenvalue weighted by atomic mass is 10.0. The Hall–Kier alpha value is -0.830. The van der Waals surface area contributed by atoms with Crippen LogP contribution in [-0.4, -0.2) is 48.9 Å². The van der Waals surface area contributed by atoms with Crippen molar-refractivity contribution in [3.63, 3.8) is 0 Å². The van der Waals surface area contributed by atoms with Gasteiger partial charge in [-0.2, -0.15) is 0 Å². The SMILES string of the molecule is CN1CCN(C(=O)CC2C=CCC2)CC1. The molecule has 1 saturated heterocycles. The number of nitrogens with zero attached hydrogens (tertiary/aromatic N) is 2. The van der Waals surface area contributed by atoms with Crippen LogP contribution >= 0.6 is 0 Å². The number of amides is 1. The molecule has 15 heavy (non-hydrogen) atoms. The second-order valence-corrected chi connectivity index (χ2v) is 4.65. The highest BCUT2D eigenvalue weighted by Crippen LogP contribution is 2.21. The van der Waals surface area contributed by atoms with Crippen molar-refractivity contribution in [1.82, 2.24) is 9.80 Å². The van der Waals surface area contributed by atoms with E-state index in [0.717, 1.165) is 39.0 Å². The van der Waals surface area contributed by atoms with Crippen molar-refractivity contribution in [2.75, 3.05) is 33.2 Å². The smallest absolute Gasteiger partial charge is 0.223 e. The summed E-state index contributed by atoms with van der Waals surface area (Å²) in [5, 5.41) is 0. The molecule has 0 aromatic rings. The summed E-state index contributed by atoms with van der Waals surface area (Å²) < 4.78 is 0. The molecule has 0 N–H and O–H groups in total. The maximum Gasteiger partial charge on any atom is 0.223 e. The maximum atomic E-state index is 11.9. The fraction of sp³-hybridized carbons (Fsp3) is 0.750. The predicted octanol–water partition coefficient (Wildman–Crippen LogP) is 1.12. The van der Waals surface area contributed by atoms with Crippen molar-refractivity contribution in [3.05, 3.63) is 12.2 Å². The van der Waals surface area contributed by atoms with Gasteiger partial charge >= 0.3 is 0 Å². The van der Waals surface area contributed by atoms with Crippen LogP contribution in [0.15, 0.2) is 12.2 Å². The van der Waals surface area contributed by atoms with Gasteiger partial charge in [-0.25, -0.2) is 0 Å². The molecule has 1 unspecified atom stereocenters. The second kappa shape index (κ2) is 4.79. The van der Waals surface area contributed by atoms with E-state index in [0.29, 0.717) is 11.8 Å². The van der Waals surface area contributed by atoms with E-state index in [1.165, 1.54) is 6.42 Å². The lowest BCUT2D eigenvalue weighted by Gasteiger charge is -2.32. The van der Waals surface area contributed by atoms with Crippen LogP contribution in [0.5, 0.6) is 0 Å². The van der Waals surface area contributed by atoms with E-state index in [4.69, 9.17) is 0 Å². The molecule has 0 saturated carbocycles. The summed E-state index contributed by atoms with van der Waals surface area (Å²) in [6.45, 7) is 3.86. The van der Waals surface area contributed by atoms with Gasteiger partial charge in [-0.3, -0.25) is 4.79 Å². The van der Waals surface area contributed by atoms with Gasteiger partial charge in [-0.1, -0.05) is 12.2 Å². The van der Waals surface area contributed by atoms with E-state index in [9.17, 15) is 4.79 Å². The summed E-state index contributed by atoms with van der Waals surface area (Å²) in [6, 6.07) is 0. The van der Waals surface area contributed by atoms with Gasteiger partial charge in [0, 0.05) is 32.6 Å². The molecular weight excluding hydrogens is 188 g/mol. The zero-order valence-corrected chi connectivity index (χ0v) is 9.48. The number of likely N-dealkylation sites (N-methyl/N-ethyl adjacent to an activating group) is 1. The largest absolute Gasteiger partial charge is 0.340 e. The number of hydrogen-bond acceptors (Lipinski definition) is 2. The number of allylic oxidation sites excluding steroid dienone is 2. The zero-order valence-electron chi connectivity index (χ0n) is 9.48. The third kappa shape index (κ3) is 2.81. The molecule has 0 aromatic carbocycles. The minimum absolute atomic E-state index is 0.347. The number of carbonyl (C=O) groups is 1. The van der Waals surface area contributed by atoms with E-state index in [2.05, 4.69) is 24.1 Å². The zero-order chi connectivity index (χ0) is 10.7. The topological polar surface area (TPSA) is 23.6 Å². The van der Waals surface area contributed by atoms with Gasteiger partial charge < -0.3 is 9.80 Å². The first-order valence-corrected chi connectivity index (χ1v) is 5.88. The van der Waals surface area contributed by atoms with E-state index >= 15 is 0 Å². The first-order valence-electron chi connectivity index (χ1n) is 5.88. The molecule has 1 atom stereocenters. The molecule has 2 rings (SSSR count). The summed E-state index contributed by atoms with van der Waals surface area (Å²) in [5.41, 5.74) is 0. The highest BCUT2D eigenvalue weighted by Gasteiger charge is 2.21. The van der Waals surface area contributed by atoms with Gasteiger partial charge in [0.15, 0.2) is 0 Å². The summed E-state index contributed by atoms with van der Waals surface area (Å²) in [4.78, 5) is 16.2. The Kier molecular flexibility index (Phi) is 3.41. The summed E-state index contributed by atoms with van der Waals surface area (Å²) in [7, 11) is 2.11.